The number of hydrogen-bond acceptors (Lipinski definition) is 6. The summed E-state index contributed by atoms with van der Waals surface area (Å²) in [5, 5.41) is 7.03. The molecular formula is C23H40IN5O3. The summed E-state index contributed by atoms with van der Waals surface area (Å²) in [6.45, 7) is 7.17. The second kappa shape index (κ2) is 13.4. The lowest BCUT2D eigenvalue weighted by Gasteiger charge is -2.35. The zero-order chi connectivity index (χ0) is 22.2. The molecule has 0 radical (unpaired) electrons. The second-order valence-electron chi connectivity index (χ2n) is 8.36. The first-order valence-corrected chi connectivity index (χ1v) is 11.3. The number of morpholine rings is 1. The first-order valence-electron chi connectivity index (χ1n) is 11.3. The first-order chi connectivity index (χ1) is 15.1. The Morgan fingerprint density at radius 1 is 1.16 bits per heavy atom. The highest BCUT2D eigenvalue weighted by atomic mass is 127. The lowest BCUT2D eigenvalue weighted by atomic mass is 10.0. The molecule has 1 aromatic rings. The van der Waals surface area contributed by atoms with Gasteiger partial charge < -0.3 is 24.8 Å². The van der Waals surface area contributed by atoms with Gasteiger partial charge in [0.25, 0.3) is 0 Å². The van der Waals surface area contributed by atoms with Gasteiger partial charge in [-0.15, -0.1) is 24.0 Å². The number of rotatable bonds is 10. The molecule has 3 rings (SSSR count). The van der Waals surface area contributed by atoms with Gasteiger partial charge in [0.1, 0.15) is 0 Å². The van der Waals surface area contributed by atoms with E-state index in [1.807, 2.05) is 13.1 Å². The van der Waals surface area contributed by atoms with E-state index in [1.165, 1.54) is 18.4 Å². The summed E-state index contributed by atoms with van der Waals surface area (Å²) in [6.07, 6.45) is 2.64. The van der Waals surface area contributed by atoms with Crippen molar-refractivity contribution >= 4 is 29.9 Å². The third kappa shape index (κ3) is 7.36. The third-order valence-electron chi connectivity index (χ3n) is 6.35. The van der Waals surface area contributed by atoms with Crippen molar-refractivity contribution in [3.63, 3.8) is 0 Å². The largest absolute Gasteiger partial charge is 0.493 e. The van der Waals surface area contributed by atoms with Crippen molar-refractivity contribution < 1.29 is 14.2 Å². The Morgan fingerprint density at radius 2 is 1.81 bits per heavy atom. The zero-order valence-electron chi connectivity index (χ0n) is 20.1. The Hall–Kier alpha value is -1.30. The van der Waals surface area contributed by atoms with Crippen molar-refractivity contribution in [2.24, 2.45) is 4.99 Å². The molecule has 1 heterocycles. The smallest absolute Gasteiger partial charge is 0.191 e. The van der Waals surface area contributed by atoms with Crippen LogP contribution in [-0.2, 0) is 4.74 Å². The third-order valence-corrected chi connectivity index (χ3v) is 6.35. The Labute approximate surface area is 210 Å². The number of hydrogen-bond donors (Lipinski definition) is 2. The topological polar surface area (TPSA) is 70.6 Å². The monoisotopic (exact) mass is 561 g/mol. The molecule has 182 valence electrons. The molecule has 0 bridgehead atoms. The van der Waals surface area contributed by atoms with Gasteiger partial charge in [0.15, 0.2) is 17.5 Å². The van der Waals surface area contributed by atoms with Gasteiger partial charge in [-0.25, -0.2) is 0 Å². The van der Waals surface area contributed by atoms with Crippen molar-refractivity contribution in [1.82, 2.24) is 20.4 Å². The molecule has 0 spiro atoms. The Bertz CT molecular complexity index is 726. The van der Waals surface area contributed by atoms with Crippen molar-refractivity contribution in [2.75, 3.05) is 67.7 Å². The molecule has 1 aromatic carbocycles. The van der Waals surface area contributed by atoms with Crippen LogP contribution < -0.4 is 20.1 Å². The van der Waals surface area contributed by atoms with Crippen molar-refractivity contribution in [2.45, 2.75) is 37.9 Å². The van der Waals surface area contributed by atoms with E-state index in [1.54, 1.807) is 14.2 Å². The Morgan fingerprint density at radius 3 is 2.41 bits per heavy atom. The number of ether oxygens (including phenoxy) is 3. The molecule has 1 aliphatic carbocycles. The number of nitrogens with zero attached hydrogens (tertiary/aromatic N) is 3. The van der Waals surface area contributed by atoms with Crippen LogP contribution in [0.25, 0.3) is 0 Å². The van der Waals surface area contributed by atoms with Gasteiger partial charge in [-0.05, 0) is 44.5 Å². The lowest BCUT2D eigenvalue weighted by molar-refractivity contribution is 0.0169. The maximum atomic E-state index is 5.58. The van der Waals surface area contributed by atoms with Crippen LogP contribution in [0.5, 0.6) is 11.5 Å². The van der Waals surface area contributed by atoms with E-state index in [9.17, 15) is 0 Å². The van der Waals surface area contributed by atoms with Crippen LogP contribution in [0.15, 0.2) is 23.2 Å². The molecule has 1 saturated heterocycles. The summed E-state index contributed by atoms with van der Waals surface area (Å²) in [7, 11) is 7.38. The summed E-state index contributed by atoms with van der Waals surface area (Å²) in [5.41, 5.74) is 1.18. The molecule has 0 amide bonds. The normalized spacial score (nSPS) is 19.1. The number of nitrogens with one attached hydrogen (secondary N) is 2. The predicted molar refractivity (Wildman–Crippen MR) is 140 cm³/mol. The highest BCUT2D eigenvalue weighted by Crippen LogP contribution is 2.32. The summed E-state index contributed by atoms with van der Waals surface area (Å²) >= 11 is 0. The van der Waals surface area contributed by atoms with Gasteiger partial charge in [-0.3, -0.25) is 14.8 Å². The SMILES string of the molecule is CN=C(NCC(c1ccc(OC)c(OC)c1)N1CCOCC1)NCC(C)N(C)C1CC1.I. The fourth-order valence-electron chi connectivity index (χ4n) is 4.05. The van der Waals surface area contributed by atoms with Crippen LogP contribution in [-0.4, -0.2) is 95.6 Å². The van der Waals surface area contributed by atoms with E-state index in [0.717, 1.165) is 62.9 Å². The van der Waals surface area contributed by atoms with Crippen LogP contribution in [0.1, 0.15) is 31.4 Å². The molecule has 2 N–H and O–H groups in total. The fraction of sp³-hybridized carbons (Fsp3) is 0.696. The number of benzene rings is 1. The average molecular weight is 562 g/mol. The van der Waals surface area contributed by atoms with Crippen LogP contribution in [0.4, 0.5) is 0 Å². The van der Waals surface area contributed by atoms with E-state index in [-0.39, 0.29) is 30.0 Å². The number of aliphatic imine (C=N–C) groups is 1. The minimum absolute atomic E-state index is 0. The van der Waals surface area contributed by atoms with E-state index in [2.05, 4.69) is 51.5 Å². The van der Waals surface area contributed by atoms with E-state index < -0.39 is 0 Å². The van der Waals surface area contributed by atoms with Gasteiger partial charge in [-0.2, -0.15) is 0 Å². The summed E-state index contributed by atoms with van der Waals surface area (Å²) in [5.74, 6) is 2.32. The standard InChI is InChI=1S/C23H39N5O3.HI/c1-17(27(3)19-7-8-19)15-25-23(24-2)26-16-20(28-10-12-31-13-11-28)18-6-9-21(29-4)22(14-18)30-5;/h6,9,14,17,19-20H,7-8,10-13,15-16H2,1-5H3,(H2,24,25,26);1H. The number of halogens is 1. The highest BCUT2D eigenvalue weighted by Gasteiger charge is 2.29. The molecule has 2 atom stereocenters. The quantitative estimate of drug-likeness (QED) is 0.258. The molecule has 0 aromatic heterocycles. The summed E-state index contributed by atoms with van der Waals surface area (Å²) < 4.78 is 16.5. The predicted octanol–water partition coefficient (Wildman–Crippen LogP) is 2.34. The zero-order valence-corrected chi connectivity index (χ0v) is 22.4. The Balaban J connectivity index is 0.00000363. The van der Waals surface area contributed by atoms with Crippen molar-refractivity contribution in [1.29, 1.82) is 0 Å². The lowest BCUT2D eigenvalue weighted by Crippen LogP contribution is -2.48. The molecule has 32 heavy (non-hydrogen) atoms. The van der Waals surface area contributed by atoms with Gasteiger partial charge in [0.2, 0.25) is 0 Å². The van der Waals surface area contributed by atoms with Gasteiger partial charge >= 0.3 is 0 Å². The maximum absolute atomic E-state index is 5.58. The summed E-state index contributed by atoms with van der Waals surface area (Å²) in [4.78, 5) is 9.35. The van der Waals surface area contributed by atoms with Gasteiger partial charge in [0, 0.05) is 45.3 Å². The van der Waals surface area contributed by atoms with E-state index in [4.69, 9.17) is 14.2 Å². The van der Waals surface area contributed by atoms with E-state index >= 15 is 0 Å². The van der Waals surface area contributed by atoms with Crippen molar-refractivity contribution in [3.05, 3.63) is 23.8 Å². The Kier molecular flexibility index (Phi) is 11.3. The maximum Gasteiger partial charge on any atom is 0.191 e. The molecule has 1 saturated carbocycles. The molecule has 2 unspecified atom stereocenters. The first kappa shape index (κ1) is 26.9. The minimum Gasteiger partial charge on any atom is -0.493 e. The number of methoxy groups -OCH3 is 2. The number of guanidine groups is 1. The minimum atomic E-state index is 0. The van der Waals surface area contributed by atoms with Gasteiger partial charge in [-0.1, -0.05) is 6.07 Å². The van der Waals surface area contributed by atoms with Crippen LogP contribution in [0.3, 0.4) is 0 Å². The van der Waals surface area contributed by atoms with Crippen molar-refractivity contribution in [3.8, 4) is 11.5 Å². The molecule has 1 aliphatic heterocycles. The summed E-state index contributed by atoms with van der Waals surface area (Å²) in [6, 6.07) is 7.56. The second-order valence-corrected chi connectivity index (χ2v) is 8.36. The van der Waals surface area contributed by atoms with Crippen LogP contribution in [0, 0.1) is 0 Å². The fourth-order valence-corrected chi connectivity index (χ4v) is 4.05. The average Bonchev–Trinajstić information content (AvgIpc) is 3.66. The molecule has 2 fully saturated rings. The van der Waals surface area contributed by atoms with Crippen LogP contribution >= 0.6 is 24.0 Å². The number of likely N-dealkylation sites (N-methyl/N-ethyl adjacent to an activating group) is 1. The molecular weight excluding hydrogens is 521 g/mol. The van der Waals surface area contributed by atoms with E-state index in [0.29, 0.717) is 6.04 Å². The molecule has 2 aliphatic rings. The molecule has 9 heteroatoms. The molecule has 8 nitrogen and oxygen atoms in total. The van der Waals surface area contributed by atoms with Crippen LogP contribution in [0.2, 0.25) is 0 Å². The van der Waals surface area contributed by atoms with Gasteiger partial charge in [0.05, 0.1) is 33.5 Å². The highest BCUT2D eigenvalue weighted by molar-refractivity contribution is 14.0.